The monoisotopic (exact) mass is 276 g/mol. The Morgan fingerprint density at radius 2 is 1.85 bits per heavy atom. The van der Waals surface area contributed by atoms with E-state index in [0.29, 0.717) is 17.6 Å². The first kappa shape index (κ1) is 15.0. The molecule has 0 unspecified atom stereocenters. The standard InChI is InChI=1S/C17H24O3/c1-2-3-12-20-16-10-8-14(9-11-16)13-4-6-15(7-5-13)17(18)19/h4-7,14,16H,2-3,8-12H2,1H3,(H,18,19). The minimum absolute atomic E-state index is 0.366. The fourth-order valence-corrected chi connectivity index (χ4v) is 2.86. The number of ether oxygens (including phenoxy) is 1. The zero-order valence-electron chi connectivity index (χ0n) is 12.2. The fraction of sp³-hybridized carbons (Fsp3) is 0.588. The van der Waals surface area contributed by atoms with E-state index in [9.17, 15) is 4.79 Å². The number of aromatic carboxylic acids is 1. The largest absolute Gasteiger partial charge is 0.478 e. The van der Waals surface area contributed by atoms with Gasteiger partial charge in [-0.25, -0.2) is 4.79 Å². The minimum atomic E-state index is -0.857. The number of benzene rings is 1. The molecule has 1 aliphatic rings. The molecule has 1 aliphatic carbocycles. The summed E-state index contributed by atoms with van der Waals surface area (Å²) in [4.78, 5) is 10.8. The summed E-state index contributed by atoms with van der Waals surface area (Å²) in [6.07, 6.45) is 7.29. The van der Waals surface area contributed by atoms with Crippen molar-refractivity contribution in [3.05, 3.63) is 35.4 Å². The van der Waals surface area contributed by atoms with Crippen molar-refractivity contribution in [2.45, 2.75) is 57.5 Å². The van der Waals surface area contributed by atoms with Crippen molar-refractivity contribution in [1.82, 2.24) is 0 Å². The molecule has 3 heteroatoms. The van der Waals surface area contributed by atoms with Crippen LogP contribution in [0.25, 0.3) is 0 Å². The Morgan fingerprint density at radius 1 is 1.20 bits per heavy atom. The summed E-state index contributed by atoms with van der Waals surface area (Å²) >= 11 is 0. The Hall–Kier alpha value is -1.35. The molecule has 1 fully saturated rings. The smallest absolute Gasteiger partial charge is 0.335 e. The molecule has 0 amide bonds. The average Bonchev–Trinajstić information content (AvgIpc) is 2.48. The molecule has 2 rings (SSSR count). The highest BCUT2D eigenvalue weighted by atomic mass is 16.5. The third-order valence-electron chi connectivity index (χ3n) is 4.15. The van der Waals surface area contributed by atoms with Crippen molar-refractivity contribution >= 4 is 5.97 Å². The van der Waals surface area contributed by atoms with Crippen LogP contribution in [0.1, 0.15) is 67.3 Å². The van der Waals surface area contributed by atoms with E-state index in [2.05, 4.69) is 6.92 Å². The SMILES string of the molecule is CCCCOC1CCC(c2ccc(C(=O)O)cc2)CC1. The molecule has 0 atom stereocenters. The summed E-state index contributed by atoms with van der Waals surface area (Å²) in [6.45, 7) is 3.07. The maximum atomic E-state index is 10.8. The molecular formula is C17H24O3. The molecule has 0 saturated heterocycles. The zero-order chi connectivity index (χ0) is 14.4. The molecule has 0 radical (unpaired) electrons. The van der Waals surface area contributed by atoms with Crippen molar-refractivity contribution < 1.29 is 14.6 Å². The predicted octanol–water partition coefficient (Wildman–Crippen LogP) is 4.23. The van der Waals surface area contributed by atoms with Gasteiger partial charge >= 0.3 is 5.97 Å². The number of hydrogen-bond acceptors (Lipinski definition) is 2. The first-order valence-electron chi connectivity index (χ1n) is 7.65. The van der Waals surface area contributed by atoms with Gasteiger partial charge in [-0.2, -0.15) is 0 Å². The second kappa shape index (κ2) is 7.44. The van der Waals surface area contributed by atoms with Gasteiger partial charge in [0.15, 0.2) is 0 Å². The first-order valence-corrected chi connectivity index (χ1v) is 7.65. The number of carboxylic acids is 1. The van der Waals surface area contributed by atoms with Crippen molar-refractivity contribution in [1.29, 1.82) is 0 Å². The molecule has 1 aromatic rings. The van der Waals surface area contributed by atoms with Gasteiger partial charge in [0.25, 0.3) is 0 Å². The van der Waals surface area contributed by atoms with Gasteiger partial charge in [-0.3, -0.25) is 0 Å². The number of carbonyl (C=O) groups is 1. The second-order valence-corrected chi connectivity index (χ2v) is 5.63. The highest BCUT2D eigenvalue weighted by molar-refractivity contribution is 5.87. The number of rotatable bonds is 6. The Bertz CT molecular complexity index is 416. The molecule has 0 bridgehead atoms. The lowest BCUT2D eigenvalue weighted by Gasteiger charge is -2.29. The van der Waals surface area contributed by atoms with E-state index < -0.39 is 5.97 Å². The van der Waals surface area contributed by atoms with Crippen molar-refractivity contribution in [3.8, 4) is 0 Å². The fourth-order valence-electron chi connectivity index (χ4n) is 2.86. The Morgan fingerprint density at radius 3 is 2.40 bits per heavy atom. The number of hydrogen-bond donors (Lipinski definition) is 1. The Kier molecular flexibility index (Phi) is 5.60. The summed E-state index contributed by atoms with van der Waals surface area (Å²) in [5.41, 5.74) is 1.63. The van der Waals surface area contributed by atoms with E-state index in [-0.39, 0.29) is 0 Å². The number of carboxylic acid groups (broad SMARTS) is 1. The van der Waals surface area contributed by atoms with Crippen molar-refractivity contribution in [3.63, 3.8) is 0 Å². The lowest BCUT2D eigenvalue weighted by atomic mass is 9.82. The Balaban J connectivity index is 1.82. The first-order chi connectivity index (χ1) is 9.70. The van der Waals surface area contributed by atoms with Crippen LogP contribution >= 0.6 is 0 Å². The molecule has 110 valence electrons. The van der Waals surface area contributed by atoms with Crippen molar-refractivity contribution in [2.75, 3.05) is 6.61 Å². The maximum absolute atomic E-state index is 10.8. The maximum Gasteiger partial charge on any atom is 0.335 e. The van der Waals surface area contributed by atoms with Gasteiger partial charge in [0.05, 0.1) is 11.7 Å². The van der Waals surface area contributed by atoms with E-state index in [1.54, 1.807) is 12.1 Å². The second-order valence-electron chi connectivity index (χ2n) is 5.63. The molecule has 3 nitrogen and oxygen atoms in total. The summed E-state index contributed by atoms with van der Waals surface area (Å²) in [5.74, 6) is -0.298. The average molecular weight is 276 g/mol. The molecule has 20 heavy (non-hydrogen) atoms. The van der Waals surface area contributed by atoms with Crippen LogP contribution in [0.2, 0.25) is 0 Å². The van der Waals surface area contributed by atoms with Crippen LogP contribution in [0.15, 0.2) is 24.3 Å². The lowest BCUT2D eigenvalue weighted by molar-refractivity contribution is 0.0232. The Labute approximate surface area is 121 Å². The van der Waals surface area contributed by atoms with Crippen LogP contribution in [0.4, 0.5) is 0 Å². The van der Waals surface area contributed by atoms with E-state index in [4.69, 9.17) is 9.84 Å². The predicted molar refractivity (Wildman–Crippen MR) is 79.3 cm³/mol. The third kappa shape index (κ3) is 4.07. The molecule has 0 aromatic heterocycles. The lowest BCUT2D eigenvalue weighted by Crippen LogP contribution is -2.21. The third-order valence-corrected chi connectivity index (χ3v) is 4.15. The summed E-state index contributed by atoms with van der Waals surface area (Å²) < 4.78 is 5.88. The van der Waals surface area contributed by atoms with Gasteiger partial charge in [0.1, 0.15) is 0 Å². The molecule has 0 spiro atoms. The molecular weight excluding hydrogens is 252 g/mol. The number of unbranched alkanes of at least 4 members (excludes halogenated alkanes) is 1. The van der Waals surface area contributed by atoms with Gasteiger partial charge in [0, 0.05) is 6.61 Å². The quantitative estimate of drug-likeness (QED) is 0.791. The van der Waals surface area contributed by atoms with Crippen LogP contribution in [-0.2, 0) is 4.74 Å². The normalized spacial score (nSPS) is 22.6. The van der Waals surface area contributed by atoms with Gasteiger partial charge in [-0.15, -0.1) is 0 Å². The van der Waals surface area contributed by atoms with Crippen LogP contribution in [0.5, 0.6) is 0 Å². The zero-order valence-corrected chi connectivity index (χ0v) is 12.2. The highest BCUT2D eigenvalue weighted by Crippen LogP contribution is 2.34. The van der Waals surface area contributed by atoms with Crippen LogP contribution < -0.4 is 0 Å². The molecule has 0 heterocycles. The van der Waals surface area contributed by atoms with Crippen molar-refractivity contribution in [2.24, 2.45) is 0 Å². The van der Waals surface area contributed by atoms with Crippen LogP contribution in [0, 0.1) is 0 Å². The minimum Gasteiger partial charge on any atom is -0.478 e. The van der Waals surface area contributed by atoms with Crippen LogP contribution in [-0.4, -0.2) is 23.8 Å². The van der Waals surface area contributed by atoms with Crippen LogP contribution in [0.3, 0.4) is 0 Å². The van der Waals surface area contributed by atoms with Gasteiger partial charge in [0.2, 0.25) is 0 Å². The van der Waals surface area contributed by atoms with E-state index >= 15 is 0 Å². The molecule has 1 saturated carbocycles. The molecule has 1 N–H and O–H groups in total. The van der Waals surface area contributed by atoms with E-state index in [0.717, 1.165) is 38.7 Å². The van der Waals surface area contributed by atoms with Gasteiger partial charge in [-0.1, -0.05) is 25.5 Å². The van der Waals surface area contributed by atoms with E-state index in [1.807, 2.05) is 12.1 Å². The summed E-state index contributed by atoms with van der Waals surface area (Å²) in [7, 11) is 0. The topological polar surface area (TPSA) is 46.5 Å². The van der Waals surface area contributed by atoms with Gasteiger partial charge in [-0.05, 0) is 55.7 Å². The summed E-state index contributed by atoms with van der Waals surface area (Å²) in [5, 5.41) is 8.91. The molecule has 1 aromatic carbocycles. The van der Waals surface area contributed by atoms with Gasteiger partial charge < -0.3 is 9.84 Å². The molecule has 0 aliphatic heterocycles. The van der Waals surface area contributed by atoms with E-state index in [1.165, 1.54) is 12.0 Å². The highest BCUT2D eigenvalue weighted by Gasteiger charge is 2.22. The summed E-state index contributed by atoms with van der Waals surface area (Å²) in [6, 6.07) is 7.35.